The van der Waals surface area contributed by atoms with Crippen LogP contribution in [-0.2, 0) is 6.54 Å². The maximum atomic E-state index is 12.9. The van der Waals surface area contributed by atoms with Crippen LogP contribution in [0.1, 0.15) is 26.3 Å². The molecule has 0 radical (unpaired) electrons. The molecule has 3 aromatic carbocycles. The van der Waals surface area contributed by atoms with Crippen LogP contribution in [-0.4, -0.2) is 33.1 Å². The largest absolute Gasteiger partial charge is 0.493 e. The third kappa shape index (κ3) is 5.14. The molecule has 0 saturated carbocycles. The summed E-state index contributed by atoms with van der Waals surface area (Å²) in [5.74, 6) is 0.413. The van der Waals surface area contributed by atoms with Gasteiger partial charge in [0.1, 0.15) is 0 Å². The maximum absolute atomic E-state index is 12.9. The second-order valence-electron chi connectivity index (χ2n) is 6.58. The molecule has 0 aliphatic rings. The van der Waals surface area contributed by atoms with Crippen molar-refractivity contribution in [3.63, 3.8) is 0 Å². The molecular weight excluding hydrogens is 396 g/mol. The first-order valence-corrected chi connectivity index (χ1v) is 9.60. The van der Waals surface area contributed by atoms with Gasteiger partial charge in [0, 0.05) is 12.1 Å². The first-order chi connectivity index (χ1) is 15.1. The molecule has 31 heavy (non-hydrogen) atoms. The Morgan fingerprint density at radius 3 is 2.00 bits per heavy atom. The lowest BCUT2D eigenvalue weighted by Crippen LogP contribution is -2.24. The van der Waals surface area contributed by atoms with E-state index in [1.165, 1.54) is 21.3 Å². The average Bonchev–Trinajstić information content (AvgIpc) is 2.82. The molecule has 0 fully saturated rings. The molecular formula is C24H24N2O5. The minimum atomic E-state index is -0.414. The fraction of sp³-hybridized carbons (Fsp3) is 0.167. The van der Waals surface area contributed by atoms with Crippen LogP contribution in [0.2, 0.25) is 0 Å². The Labute approximate surface area is 180 Å². The lowest BCUT2D eigenvalue weighted by molar-refractivity contribution is 0.0952. The minimum Gasteiger partial charge on any atom is -0.493 e. The van der Waals surface area contributed by atoms with Gasteiger partial charge in [-0.2, -0.15) is 0 Å². The van der Waals surface area contributed by atoms with E-state index in [0.717, 1.165) is 5.56 Å². The van der Waals surface area contributed by atoms with Crippen molar-refractivity contribution in [1.29, 1.82) is 0 Å². The van der Waals surface area contributed by atoms with Crippen LogP contribution in [0.5, 0.6) is 17.2 Å². The fourth-order valence-corrected chi connectivity index (χ4v) is 3.07. The highest BCUT2D eigenvalue weighted by Gasteiger charge is 2.19. The number of para-hydroxylation sites is 1. The van der Waals surface area contributed by atoms with Gasteiger partial charge < -0.3 is 24.8 Å². The summed E-state index contributed by atoms with van der Waals surface area (Å²) >= 11 is 0. The third-order valence-electron chi connectivity index (χ3n) is 4.64. The molecule has 0 bridgehead atoms. The van der Waals surface area contributed by atoms with Crippen LogP contribution in [0.25, 0.3) is 0 Å². The summed E-state index contributed by atoms with van der Waals surface area (Å²) in [6, 6.07) is 19.5. The second-order valence-corrected chi connectivity index (χ2v) is 6.58. The number of hydrogen-bond donors (Lipinski definition) is 2. The number of methoxy groups -OCH3 is 3. The zero-order valence-corrected chi connectivity index (χ0v) is 17.6. The second kappa shape index (κ2) is 10.2. The van der Waals surface area contributed by atoms with Crippen LogP contribution in [0.15, 0.2) is 66.7 Å². The number of benzene rings is 3. The molecule has 3 rings (SSSR count). The Kier molecular flexibility index (Phi) is 7.11. The van der Waals surface area contributed by atoms with Crippen LogP contribution in [0.3, 0.4) is 0 Å². The zero-order chi connectivity index (χ0) is 22.2. The average molecular weight is 420 g/mol. The van der Waals surface area contributed by atoms with Gasteiger partial charge in [-0.05, 0) is 29.8 Å². The number of carbonyl (C=O) groups is 2. The molecule has 0 aliphatic carbocycles. The Morgan fingerprint density at radius 2 is 1.39 bits per heavy atom. The Bertz CT molecular complexity index is 1040. The predicted molar refractivity (Wildman–Crippen MR) is 118 cm³/mol. The van der Waals surface area contributed by atoms with Crippen molar-refractivity contribution in [2.24, 2.45) is 0 Å². The summed E-state index contributed by atoms with van der Waals surface area (Å²) in [4.78, 5) is 25.6. The summed E-state index contributed by atoms with van der Waals surface area (Å²) in [7, 11) is 4.45. The van der Waals surface area contributed by atoms with Gasteiger partial charge in [0.15, 0.2) is 11.5 Å². The lowest BCUT2D eigenvalue weighted by atomic mass is 10.1. The molecule has 0 aromatic heterocycles. The van der Waals surface area contributed by atoms with Crippen molar-refractivity contribution in [1.82, 2.24) is 5.32 Å². The molecule has 0 spiro atoms. The maximum Gasteiger partial charge on any atom is 0.255 e. The SMILES string of the molecule is COc1cc(C(=O)Nc2ccccc2C(=O)NCc2ccccc2)cc(OC)c1OC. The number of anilines is 1. The standard InChI is InChI=1S/C24H24N2O5/c1-29-20-13-17(14-21(30-2)22(20)31-3)23(27)26-19-12-8-7-11-18(19)24(28)25-15-16-9-5-4-6-10-16/h4-14H,15H2,1-3H3,(H,25,28)(H,26,27). The molecule has 3 aromatic rings. The van der Waals surface area contributed by atoms with Gasteiger partial charge in [0.2, 0.25) is 5.75 Å². The van der Waals surface area contributed by atoms with Crippen LogP contribution in [0.4, 0.5) is 5.69 Å². The minimum absolute atomic E-state index is 0.287. The molecule has 7 heteroatoms. The molecule has 2 amide bonds. The van der Waals surface area contributed by atoms with Crippen molar-refractivity contribution in [2.75, 3.05) is 26.6 Å². The van der Waals surface area contributed by atoms with Gasteiger partial charge in [0.25, 0.3) is 11.8 Å². The van der Waals surface area contributed by atoms with E-state index in [1.807, 2.05) is 30.3 Å². The number of amides is 2. The van der Waals surface area contributed by atoms with Crippen LogP contribution >= 0.6 is 0 Å². The predicted octanol–water partition coefficient (Wildman–Crippen LogP) is 3.89. The van der Waals surface area contributed by atoms with E-state index in [2.05, 4.69) is 10.6 Å². The first-order valence-electron chi connectivity index (χ1n) is 9.60. The van der Waals surface area contributed by atoms with Crippen molar-refractivity contribution in [3.8, 4) is 17.2 Å². The number of carbonyl (C=O) groups excluding carboxylic acids is 2. The van der Waals surface area contributed by atoms with E-state index in [-0.39, 0.29) is 5.91 Å². The number of rotatable bonds is 8. The van der Waals surface area contributed by atoms with Crippen molar-refractivity contribution in [2.45, 2.75) is 6.54 Å². The van der Waals surface area contributed by atoms with Crippen molar-refractivity contribution in [3.05, 3.63) is 83.4 Å². The summed E-state index contributed by atoms with van der Waals surface area (Å²) < 4.78 is 15.9. The van der Waals surface area contributed by atoms with E-state index in [0.29, 0.717) is 40.6 Å². The third-order valence-corrected chi connectivity index (χ3v) is 4.64. The highest BCUT2D eigenvalue weighted by Crippen LogP contribution is 2.38. The number of nitrogens with one attached hydrogen (secondary N) is 2. The van der Waals surface area contributed by atoms with Gasteiger partial charge in [-0.3, -0.25) is 9.59 Å². The van der Waals surface area contributed by atoms with Gasteiger partial charge in [-0.1, -0.05) is 42.5 Å². The summed E-state index contributed by atoms with van der Waals surface area (Å²) in [6.07, 6.45) is 0. The van der Waals surface area contributed by atoms with E-state index >= 15 is 0 Å². The van der Waals surface area contributed by atoms with Crippen LogP contribution < -0.4 is 24.8 Å². The van der Waals surface area contributed by atoms with Gasteiger partial charge in [-0.15, -0.1) is 0 Å². The fourth-order valence-electron chi connectivity index (χ4n) is 3.07. The van der Waals surface area contributed by atoms with E-state index in [9.17, 15) is 9.59 Å². The number of ether oxygens (including phenoxy) is 3. The van der Waals surface area contributed by atoms with Crippen molar-refractivity contribution >= 4 is 17.5 Å². The van der Waals surface area contributed by atoms with E-state index in [1.54, 1.807) is 36.4 Å². The molecule has 160 valence electrons. The van der Waals surface area contributed by atoms with Gasteiger partial charge in [-0.25, -0.2) is 0 Å². The zero-order valence-electron chi connectivity index (χ0n) is 17.6. The Balaban J connectivity index is 1.80. The smallest absolute Gasteiger partial charge is 0.255 e. The normalized spacial score (nSPS) is 10.2. The molecule has 7 nitrogen and oxygen atoms in total. The molecule has 0 aliphatic heterocycles. The van der Waals surface area contributed by atoms with E-state index < -0.39 is 5.91 Å². The molecule has 0 unspecified atom stereocenters. The highest BCUT2D eigenvalue weighted by molar-refractivity contribution is 6.09. The molecule has 0 saturated heterocycles. The van der Waals surface area contributed by atoms with Crippen molar-refractivity contribution < 1.29 is 23.8 Å². The Hall–Kier alpha value is -4.00. The quantitative estimate of drug-likeness (QED) is 0.577. The summed E-state index contributed by atoms with van der Waals surface area (Å²) in [6.45, 7) is 0.384. The van der Waals surface area contributed by atoms with E-state index in [4.69, 9.17) is 14.2 Å². The summed E-state index contributed by atoms with van der Waals surface area (Å²) in [5.41, 5.74) is 2.04. The number of hydrogen-bond acceptors (Lipinski definition) is 5. The molecule has 2 N–H and O–H groups in total. The lowest BCUT2D eigenvalue weighted by Gasteiger charge is -2.15. The first kappa shape index (κ1) is 21.7. The Morgan fingerprint density at radius 1 is 0.774 bits per heavy atom. The van der Waals surface area contributed by atoms with Crippen LogP contribution in [0, 0.1) is 0 Å². The monoisotopic (exact) mass is 420 g/mol. The molecule has 0 atom stereocenters. The topological polar surface area (TPSA) is 85.9 Å². The van der Waals surface area contributed by atoms with Gasteiger partial charge in [0.05, 0.1) is 32.6 Å². The highest BCUT2D eigenvalue weighted by atomic mass is 16.5. The van der Waals surface area contributed by atoms with Gasteiger partial charge >= 0.3 is 0 Å². The molecule has 0 heterocycles. The summed E-state index contributed by atoms with van der Waals surface area (Å²) in [5, 5.41) is 5.67.